The Labute approximate surface area is 189 Å². The van der Waals surface area contributed by atoms with Gasteiger partial charge in [0.1, 0.15) is 23.8 Å². The van der Waals surface area contributed by atoms with Crippen molar-refractivity contribution in [3.8, 4) is 5.75 Å². The maximum Gasteiger partial charge on any atom is 0.295 e. The van der Waals surface area contributed by atoms with Crippen LogP contribution in [0.3, 0.4) is 0 Å². The summed E-state index contributed by atoms with van der Waals surface area (Å²) in [6.07, 6.45) is 1.65. The molecule has 1 atom stereocenters. The zero-order valence-electron chi connectivity index (χ0n) is 17.9. The molecule has 1 unspecified atom stereocenters. The molecule has 1 aromatic heterocycles. The van der Waals surface area contributed by atoms with Crippen molar-refractivity contribution >= 4 is 22.6 Å². The van der Waals surface area contributed by atoms with Crippen molar-refractivity contribution in [3.05, 3.63) is 118 Å². The molecular formula is C27H20FNO4. The summed E-state index contributed by atoms with van der Waals surface area (Å²) in [5.41, 5.74) is 2.25. The van der Waals surface area contributed by atoms with Crippen molar-refractivity contribution in [3.63, 3.8) is 0 Å². The molecule has 0 bridgehead atoms. The summed E-state index contributed by atoms with van der Waals surface area (Å²) < 4.78 is 25.4. The van der Waals surface area contributed by atoms with Crippen molar-refractivity contribution in [2.24, 2.45) is 0 Å². The Bertz CT molecular complexity index is 1460. The Hall–Kier alpha value is -4.19. The molecule has 1 aliphatic rings. The molecule has 5 nitrogen and oxygen atoms in total. The highest BCUT2D eigenvalue weighted by Gasteiger charge is 2.43. The van der Waals surface area contributed by atoms with E-state index in [4.69, 9.17) is 9.15 Å². The van der Waals surface area contributed by atoms with E-state index < -0.39 is 23.2 Å². The van der Waals surface area contributed by atoms with Crippen LogP contribution in [0.15, 0.2) is 88.6 Å². The molecule has 0 fully saturated rings. The summed E-state index contributed by atoms with van der Waals surface area (Å²) in [5.74, 6) is -0.360. The number of benzene rings is 3. The Morgan fingerprint density at radius 1 is 1.09 bits per heavy atom. The highest BCUT2D eigenvalue weighted by atomic mass is 19.1. The zero-order valence-corrected chi connectivity index (χ0v) is 17.9. The third-order valence-electron chi connectivity index (χ3n) is 5.68. The molecule has 164 valence electrons. The van der Waals surface area contributed by atoms with E-state index in [9.17, 15) is 14.0 Å². The fourth-order valence-electron chi connectivity index (χ4n) is 4.21. The van der Waals surface area contributed by atoms with Crippen molar-refractivity contribution in [1.82, 2.24) is 0 Å². The van der Waals surface area contributed by atoms with Crippen LogP contribution in [0.4, 0.5) is 10.1 Å². The number of anilines is 1. The molecular weight excluding hydrogens is 421 g/mol. The van der Waals surface area contributed by atoms with Gasteiger partial charge in [0.25, 0.3) is 5.91 Å². The standard InChI is InChI=1S/C27H20FNO4/c1-3-13-32-20-10-7-17(8-11-20)24-23-25(30)21-15-18(28)9-12-22(21)33-26(23)27(31)29(24)19-6-4-5-16(2)14-19/h3-12,14-15,24H,1,13H2,2H3. The van der Waals surface area contributed by atoms with Gasteiger partial charge in [0.2, 0.25) is 5.76 Å². The summed E-state index contributed by atoms with van der Waals surface area (Å²) in [7, 11) is 0. The summed E-state index contributed by atoms with van der Waals surface area (Å²) in [4.78, 5) is 28.6. The van der Waals surface area contributed by atoms with E-state index in [-0.39, 0.29) is 22.3 Å². The predicted octanol–water partition coefficient (Wildman–Crippen LogP) is 5.56. The van der Waals surface area contributed by atoms with E-state index in [0.717, 1.165) is 11.6 Å². The number of carbonyl (C=O) groups excluding carboxylic acids is 1. The molecule has 1 amide bonds. The van der Waals surface area contributed by atoms with E-state index in [1.807, 2.05) is 43.3 Å². The number of rotatable bonds is 5. The largest absolute Gasteiger partial charge is 0.490 e. The average molecular weight is 441 g/mol. The van der Waals surface area contributed by atoms with E-state index in [2.05, 4.69) is 6.58 Å². The van der Waals surface area contributed by atoms with Crippen molar-refractivity contribution in [1.29, 1.82) is 0 Å². The SMILES string of the molecule is C=CCOc1ccc(C2c3c(oc4ccc(F)cc4c3=O)C(=O)N2c2cccc(C)c2)cc1. The van der Waals surface area contributed by atoms with Gasteiger partial charge in [0.05, 0.1) is 17.0 Å². The molecule has 5 rings (SSSR count). The van der Waals surface area contributed by atoms with Gasteiger partial charge < -0.3 is 9.15 Å². The number of fused-ring (bicyclic) bond motifs is 2. The quantitative estimate of drug-likeness (QED) is 0.381. The Morgan fingerprint density at radius 2 is 1.88 bits per heavy atom. The maximum atomic E-state index is 13.9. The molecule has 1 aliphatic heterocycles. The van der Waals surface area contributed by atoms with Gasteiger partial charge in [-0.2, -0.15) is 0 Å². The molecule has 0 N–H and O–H groups in total. The van der Waals surface area contributed by atoms with Gasteiger partial charge >= 0.3 is 0 Å². The number of hydrogen-bond acceptors (Lipinski definition) is 4. The fourth-order valence-corrected chi connectivity index (χ4v) is 4.21. The van der Waals surface area contributed by atoms with E-state index in [1.54, 1.807) is 23.1 Å². The number of ether oxygens (including phenoxy) is 1. The second-order valence-electron chi connectivity index (χ2n) is 7.90. The molecule has 3 aromatic carbocycles. The molecule has 0 saturated carbocycles. The number of aryl methyl sites for hydroxylation is 1. The minimum atomic E-state index is -0.730. The number of nitrogens with zero attached hydrogens (tertiary/aromatic N) is 1. The van der Waals surface area contributed by atoms with Crippen molar-refractivity contribution in [2.75, 3.05) is 11.5 Å². The molecule has 0 saturated heterocycles. The lowest BCUT2D eigenvalue weighted by molar-refractivity contribution is 0.0971. The monoisotopic (exact) mass is 441 g/mol. The van der Waals surface area contributed by atoms with Gasteiger partial charge in [0.15, 0.2) is 5.43 Å². The van der Waals surface area contributed by atoms with Gasteiger partial charge in [-0.15, -0.1) is 0 Å². The van der Waals surface area contributed by atoms with Crippen LogP contribution in [0, 0.1) is 12.7 Å². The highest BCUT2D eigenvalue weighted by molar-refractivity contribution is 6.10. The van der Waals surface area contributed by atoms with Crippen LogP contribution < -0.4 is 15.1 Å². The van der Waals surface area contributed by atoms with Crippen LogP contribution >= 0.6 is 0 Å². The summed E-state index contributed by atoms with van der Waals surface area (Å²) in [6.45, 7) is 5.93. The Balaban J connectivity index is 1.73. The van der Waals surface area contributed by atoms with Crippen molar-refractivity contribution in [2.45, 2.75) is 13.0 Å². The normalized spacial score (nSPS) is 15.0. The maximum absolute atomic E-state index is 13.9. The van der Waals surface area contributed by atoms with E-state index >= 15 is 0 Å². The first-order chi connectivity index (χ1) is 16.0. The van der Waals surface area contributed by atoms with E-state index in [1.165, 1.54) is 12.1 Å². The van der Waals surface area contributed by atoms with Crippen molar-refractivity contribution < 1.29 is 18.3 Å². The first-order valence-electron chi connectivity index (χ1n) is 10.5. The smallest absolute Gasteiger partial charge is 0.295 e. The third-order valence-corrected chi connectivity index (χ3v) is 5.68. The van der Waals surface area contributed by atoms with Gasteiger partial charge in [-0.3, -0.25) is 14.5 Å². The second kappa shape index (κ2) is 8.06. The number of halogens is 1. The van der Waals surface area contributed by atoms with Crippen LogP contribution in [-0.2, 0) is 0 Å². The van der Waals surface area contributed by atoms with Crippen LogP contribution in [0.25, 0.3) is 11.0 Å². The molecule has 2 heterocycles. The highest BCUT2D eigenvalue weighted by Crippen LogP contribution is 2.41. The topological polar surface area (TPSA) is 59.8 Å². The Morgan fingerprint density at radius 3 is 2.61 bits per heavy atom. The molecule has 6 heteroatoms. The first kappa shape index (κ1) is 20.7. The summed E-state index contributed by atoms with van der Waals surface area (Å²) in [6, 6.07) is 17.6. The lowest BCUT2D eigenvalue weighted by Gasteiger charge is -2.25. The second-order valence-corrected chi connectivity index (χ2v) is 7.90. The van der Waals surface area contributed by atoms with E-state index in [0.29, 0.717) is 23.6 Å². The molecule has 0 radical (unpaired) electrons. The summed E-state index contributed by atoms with van der Waals surface area (Å²) >= 11 is 0. The van der Waals surface area contributed by atoms with Gasteiger partial charge in [-0.25, -0.2) is 4.39 Å². The predicted molar refractivity (Wildman–Crippen MR) is 124 cm³/mol. The van der Waals surface area contributed by atoms with Gasteiger partial charge in [-0.05, 0) is 60.5 Å². The molecule has 0 aliphatic carbocycles. The van der Waals surface area contributed by atoms with Crippen LogP contribution in [-0.4, -0.2) is 12.5 Å². The zero-order chi connectivity index (χ0) is 23.1. The average Bonchev–Trinajstić information content (AvgIpc) is 3.11. The van der Waals surface area contributed by atoms with Gasteiger partial charge in [0, 0.05) is 5.69 Å². The molecule has 0 spiro atoms. The number of amides is 1. The van der Waals surface area contributed by atoms with Gasteiger partial charge in [-0.1, -0.05) is 36.9 Å². The first-order valence-corrected chi connectivity index (χ1v) is 10.5. The number of carbonyl (C=O) groups is 1. The molecule has 33 heavy (non-hydrogen) atoms. The molecule has 4 aromatic rings. The fraction of sp³-hybridized carbons (Fsp3) is 0.111. The Kier molecular flexibility index (Phi) is 5.05. The minimum Gasteiger partial charge on any atom is -0.490 e. The third kappa shape index (κ3) is 3.49. The minimum absolute atomic E-state index is 0.0300. The van der Waals surface area contributed by atoms with Crippen LogP contribution in [0.1, 0.15) is 33.3 Å². The van der Waals surface area contributed by atoms with Crippen LogP contribution in [0.2, 0.25) is 0 Å². The lowest BCUT2D eigenvalue weighted by Crippen LogP contribution is -2.29. The summed E-state index contributed by atoms with van der Waals surface area (Å²) in [5, 5.41) is 0.101. The lowest BCUT2D eigenvalue weighted by atomic mass is 9.98. The van der Waals surface area contributed by atoms with Crippen LogP contribution in [0.5, 0.6) is 5.75 Å². The number of hydrogen-bond donors (Lipinski definition) is 0.